The molecule has 0 atom stereocenters. The van der Waals surface area contributed by atoms with Crippen molar-refractivity contribution in [2.24, 2.45) is 0 Å². The first-order valence-electron chi connectivity index (χ1n) is 7.01. The van der Waals surface area contributed by atoms with Crippen LogP contribution >= 0.6 is 0 Å². The molecule has 0 unspecified atom stereocenters. The van der Waals surface area contributed by atoms with E-state index in [0.29, 0.717) is 11.8 Å². The van der Waals surface area contributed by atoms with Gasteiger partial charge in [0.05, 0.1) is 5.71 Å². The Hall–Kier alpha value is -2.16. The minimum atomic E-state index is 0.291. The Morgan fingerprint density at radius 3 is 2.50 bits per heavy atom. The van der Waals surface area contributed by atoms with Gasteiger partial charge in [0.1, 0.15) is 5.82 Å². The van der Waals surface area contributed by atoms with Crippen LogP contribution in [0.25, 0.3) is 0 Å². The van der Waals surface area contributed by atoms with Crippen molar-refractivity contribution < 1.29 is 0 Å². The zero-order valence-corrected chi connectivity index (χ0v) is 12.3. The summed E-state index contributed by atoms with van der Waals surface area (Å²) < 4.78 is 0. The van der Waals surface area contributed by atoms with Crippen molar-refractivity contribution in [3.05, 3.63) is 59.3 Å². The average Bonchev–Trinajstić information content (AvgIpc) is 2.46. The van der Waals surface area contributed by atoms with Crippen molar-refractivity contribution in [2.75, 3.05) is 5.32 Å². The average molecular weight is 267 g/mol. The van der Waals surface area contributed by atoms with Crippen LogP contribution in [0.2, 0.25) is 0 Å². The molecule has 0 fully saturated rings. The molecule has 104 valence electrons. The van der Waals surface area contributed by atoms with Gasteiger partial charge in [0.25, 0.3) is 0 Å². The Morgan fingerprint density at radius 2 is 1.90 bits per heavy atom. The molecule has 3 nitrogen and oxygen atoms in total. The number of hydrogen-bond donors (Lipinski definition) is 2. The Kier molecular flexibility index (Phi) is 4.51. The van der Waals surface area contributed by atoms with Gasteiger partial charge in [0.15, 0.2) is 0 Å². The summed E-state index contributed by atoms with van der Waals surface area (Å²) in [5.41, 5.74) is 3.55. The maximum absolute atomic E-state index is 8.40. The molecule has 20 heavy (non-hydrogen) atoms. The highest BCUT2D eigenvalue weighted by Crippen LogP contribution is 2.18. The topological polar surface area (TPSA) is 48.8 Å². The molecule has 0 saturated heterocycles. The Balaban J connectivity index is 2.32. The third-order valence-corrected chi connectivity index (χ3v) is 3.15. The summed E-state index contributed by atoms with van der Waals surface area (Å²) in [5, 5.41) is 11.7. The maximum Gasteiger partial charge on any atom is 0.135 e. The summed E-state index contributed by atoms with van der Waals surface area (Å²) in [6.45, 7) is 6.27. The smallest absolute Gasteiger partial charge is 0.135 e. The van der Waals surface area contributed by atoms with Crippen LogP contribution in [-0.2, 0) is 6.42 Å². The second-order valence-electron chi connectivity index (χ2n) is 5.12. The van der Waals surface area contributed by atoms with Gasteiger partial charge in [0.2, 0.25) is 0 Å². The molecular formula is C17H21N3. The SMILES string of the molecule is CCc1ccc(C(=N)c2cccnc2NC(C)C)cc1. The number of nitrogens with one attached hydrogen (secondary N) is 2. The highest BCUT2D eigenvalue weighted by molar-refractivity contribution is 6.13. The molecule has 0 spiro atoms. The lowest BCUT2D eigenvalue weighted by atomic mass is 10.0. The molecule has 1 heterocycles. The van der Waals surface area contributed by atoms with Crippen LogP contribution in [0.4, 0.5) is 5.82 Å². The molecule has 0 aliphatic carbocycles. The Bertz CT molecular complexity index is 585. The molecule has 2 N–H and O–H groups in total. The van der Waals surface area contributed by atoms with Crippen molar-refractivity contribution in [2.45, 2.75) is 33.2 Å². The molecule has 2 aromatic rings. The summed E-state index contributed by atoms with van der Waals surface area (Å²) in [6, 6.07) is 12.3. The molecule has 3 heteroatoms. The molecule has 2 rings (SSSR count). The first-order chi connectivity index (χ1) is 9.61. The van der Waals surface area contributed by atoms with Crippen LogP contribution in [0.15, 0.2) is 42.6 Å². The number of rotatable bonds is 5. The van der Waals surface area contributed by atoms with E-state index in [1.807, 2.05) is 24.3 Å². The van der Waals surface area contributed by atoms with E-state index in [1.54, 1.807) is 6.20 Å². The quantitative estimate of drug-likeness (QED) is 0.808. The van der Waals surface area contributed by atoms with Gasteiger partial charge in [-0.2, -0.15) is 0 Å². The molecule has 0 bridgehead atoms. The number of nitrogens with zero attached hydrogens (tertiary/aromatic N) is 1. The van der Waals surface area contributed by atoms with E-state index in [2.05, 4.69) is 43.2 Å². The summed E-state index contributed by atoms with van der Waals surface area (Å²) in [6.07, 6.45) is 2.77. The molecule has 1 aromatic carbocycles. The number of aromatic nitrogens is 1. The van der Waals surface area contributed by atoms with Crippen LogP contribution in [0, 0.1) is 5.41 Å². The van der Waals surface area contributed by atoms with Gasteiger partial charge in [-0.05, 0) is 38.0 Å². The van der Waals surface area contributed by atoms with Crippen LogP contribution in [0.3, 0.4) is 0 Å². The number of hydrogen-bond acceptors (Lipinski definition) is 3. The monoisotopic (exact) mass is 267 g/mol. The van der Waals surface area contributed by atoms with Crippen molar-refractivity contribution in [1.29, 1.82) is 5.41 Å². The van der Waals surface area contributed by atoms with Crippen LogP contribution in [0.1, 0.15) is 37.5 Å². The minimum absolute atomic E-state index is 0.291. The molecule has 0 saturated carbocycles. The Morgan fingerprint density at radius 1 is 1.20 bits per heavy atom. The van der Waals surface area contributed by atoms with Crippen molar-refractivity contribution in [1.82, 2.24) is 4.98 Å². The lowest BCUT2D eigenvalue weighted by Gasteiger charge is -2.14. The number of anilines is 1. The van der Waals surface area contributed by atoms with Gasteiger partial charge in [-0.3, -0.25) is 5.41 Å². The van der Waals surface area contributed by atoms with Gasteiger partial charge in [0, 0.05) is 23.4 Å². The fourth-order valence-corrected chi connectivity index (χ4v) is 2.06. The van der Waals surface area contributed by atoms with E-state index in [0.717, 1.165) is 23.4 Å². The molecule has 0 amide bonds. The zero-order chi connectivity index (χ0) is 14.5. The largest absolute Gasteiger partial charge is 0.367 e. The fourth-order valence-electron chi connectivity index (χ4n) is 2.06. The predicted molar refractivity (Wildman–Crippen MR) is 84.7 cm³/mol. The molecule has 0 aliphatic rings. The minimum Gasteiger partial charge on any atom is -0.367 e. The zero-order valence-electron chi connectivity index (χ0n) is 12.3. The predicted octanol–water partition coefficient (Wildman–Crippen LogP) is 3.88. The highest BCUT2D eigenvalue weighted by atomic mass is 15.0. The molecule has 0 radical (unpaired) electrons. The number of benzene rings is 1. The number of aryl methyl sites for hydroxylation is 1. The molecular weight excluding hydrogens is 246 g/mol. The fraction of sp³-hybridized carbons (Fsp3) is 0.294. The van der Waals surface area contributed by atoms with Crippen molar-refractivity contribution >= 4 is 11.5 Å². The Labute approximate surface area is 120 Å². The van der Waals surface area contributed by atoms with E-state index in [4.69, 9.17) is 5.41 Å². The third-order valence-electron chi connectivity index (χ3n) is 3.15. The lowest BCUT2D eigenvalue weighted by molar-refractivity contribution is 0.888. The van der Waals surface area contributed by atoms with Gasteiger partial charge in [-0.25, -0.2) is 4.98 Å². The lowest BCUT2D eigenvalue weighted by Crippen LogP contribution is -2.15. The standard InChI is InChI=1S/C17H21N3/c1-4-13-7-9-14(10-8-13)16(18)15-6-5-11-19-17(15)20-12(2)3/h5-12,18H,4H2,1-3H3,(H,19,20). The normalized spacial score (nSPS) is 10.6. The maximum atomic E-state index is 8.40. The van der Waals surface area contributed by atoms with E-state index < -0.39 is 0 Å². The van der Waals surface area contributed by atoms with Gasteiger partial charge in [-0.15, -0.1) is 0 Å². The summed E-state index contributed by atoms with van der Waals surface area (Å²) in [4.78, 5) is 4.35. The second-order valence-corrected chi connectivity index (χ2v) is 5.12. The summed E-state index contributed by atoms with van der Waals surface area (Å²) in [7, 11) is 0. The summed E-state index contributed by atoms with van der Waals surface area (Å²) in [5.74, 6) is 0.770. The van der Waals surface area contributed by atoms with E-state index in [-0.39, 0.29) is 0 Å². The van der Waals surface area contributed by atoms with Crippen LogP contribution in [0.5, 0.6) is 0 Å². The van der Waals surface area contributed by atoms with Crippen LogP contribution in [-0.4, -0.2) is 16.7 Å². The van der Waals surface area contributed by atoms with Gasteiger partial charge >= 0.3 is 0 Å². The molecule has 1 aromatic heterocycles. The second kappa shape index (κ2) is 6.33. The first kappa shape index (κ1) is 14.3. The van der Waals surface area contributed by atoms with E-state index in [9.17, 15) is 0 Å². The molecule has 0 aliphatic heterocycles. The third kappa shape index (κ3) is 3.23. The van der Waals surface area contributed by atoms with E-state index >= 15 is 0 Å². The number of pyridine rings is 1. The van der Waals surface area contributed by atoms with Crippen molar-refractivity contribution in [3.63, 3.8) is 0 Å². The van der Waals surface area contributed by atoms with Crippen molar-refractivity contribution in [3.8, 4) is 0 Å². The van der Waals surface area contributed by atoms with Gasteiger partial charge in [-0.1, -0.05) is 31.2 Å². The van der Waals surface area contributed by atoms with E-state index in [1.165, 1.54) is 5.56 Å². The van der Waals surface area contributed by atoms with Gasteiger partial charge < -0.3 is 5.32 Å². The first-order valence-corrected chi connectivity index (χ1v) is 7.01. The summed E-state index contributed by atoms with van der Waals surface area (Å²) >= 11 is 0. The van der Waals surface area contributed by atoms with Crippen LogP contribution < -0.4 is 5.32 Å². The highest BCUT2D eigenvalue weighted by Gasteiger charge is 2.11.